The number of likely N-dealkylation sites (N-methyl/N-ethyl adjacent to an activating group) is 1. The number of pyridine rings is 1. The molecule has 58 heavy (non-hydrogen) atoms. The van der Waals surface area contributed by atoms with Gasteiger partial charge in [-0.2, -0.15) is 10.1 Å². The number of aromatic nitrogens is 5. The van der Waals surface area contributed by atoms with Crippen molar-refractivity contribution in [3.63, 3.8) is 0 Å². The van der Waals surface area contributed by atoms with Gasteiger partial charge >= 0.3 is 0 Å². The highest BCUT2D eigenvalue weighted by Gasteiger charge is 2.33. The number of amides is 3. The molecule has 3 aromatic heterocycles. The fourth-order valence-corrected chi connectivity index (χ4v) is 8.67. The van der Waals surface area contributed by atoms with E-state index in [9.17, 15) is 19.2 Å². The normalized spacial score (nSPS) is 19.5. The van der Waals surface area contributed by atoms with Gasteiger partial charge in [-0.1, -0.05) is 23.7 Å². The molecular formula is C41H48ClN11O5. The first-order valence-corrected chi connectivity index (χ1v) is 20.1. The predicted octanol–water partition coefficient (Wildman–Crippen LogP) is 3.68. The third-order valence-electron chi connectivity index (χ3n) is 11.8. The number of hydrogen-bond donors (Lipinski definition) is 3. The molecule has 304 valence electrons. The van der Waals surface area contributed by atoms with Gasteiger partial charge in [0.1, 0.15) is 5.02 Å². The molecule has 2 unspecified atom stereocenters. The molecule has 17 heteroatoms. The second-order valence-corrected chi connectivity index (χ2v) is 15.9. The minimum Gasteiger partial charge on any atom is -0.478 e. The number of imide groups is 1. The van der Waals surface area contributed by atoms with Gasteiger partial charge in [-0.3, -0.25) is 34.1 Å². The van der Waals surface area contributed by atoms with Crippen molar-refractivity contribution in [3.05, 3.63) is 69.7 Å². The number of rotatable bonds is 10. The van der Waals surface area contributed by atoms with Crippen LogP contribution in [0.5, 0.6) is 5.75 Å². The van der Waals surface area contributed by atoms with Gasteiger partial charge < -0.3 is 29.7 Å². The maximum atomic E-state index is 12.8. The second-order valence-electron chi connectivity index (χ2n) is 15.5. The number of aryl methyl sites for hydroxylation is 2. The Balaban J connectivity index is 0.884. The molecule has 16 nitrogen and oxygen atoms in total. The van der Waals surface area contributed by atoms with Crippen LogP contribution in [0.1, 0.15) is 44.2 Å². The number of fused-ring (bicyclic) bond motifs is 2. The zero-order valence-electron chi connectivity index (χ0n) is 33.1. The monoisotopic (exact) mass is 809 g/mol. The van der Waals surface area contributed by atoms with Crippen LogP contribution in [0.3, 0.4) is 0 Å². The van der Waals surface area contributed by atoms with Crippen LogP contribution in [0.15, 0.2) is 53.5 Å². The summed E-state index contributed by atoms with van der Waals surface area (Å²) in [7, 11) is 5.11. The lowest BCUT2D eigenvalue weighted by molar-refractivity contribution is -0.134. The number of benzene rings is 2. The summed E-state index contributed by atoms with van der Waals surface area (Å²) < 4.78 is 8.90. The molecular weight excluding hydrogens is 762 g/mol. The largest absolute Gasteiger partial charge is 0.478 e. The van der Waals surface area contributed by atoms with E-state index in [4.69, 9.17) is 26.4 Å². The van der Waals surface area contributed by atoms with Gasteiger partial charge in [-0.25, -0.2) is 4.98 Å². The lowest BCUT2D eigenvalue weighted by Crippen LogP contribution is -2.54. The number of anilines is 4. The smallest absolute Gasteiger partial charge is 0.293 e. The van der Waals surface area contributed by atoms with Crippen molar-refractivity contribution in [1.82, 2.24) is 39.8 Å². The van der Waals surface area contributed by atoms with E-state index in [0.717, 1.165) is 79.8 Å². The highest BCUT2D eigenvalue weighted by atomic mass is 35.5. The Morgan fingerprint density at radius 2 is 1.83 bits per heavy atom. The van der Waals surface area contributed by atoms with Crippen molar-refractivity contribution in [2.24, 2.45) is 20.0 Å². The molecule has 8 rings (SSSR count). The second kappa shape index (κ2) is 16.3. The summed E-state index contributed by atoms with van der Waals surface area (Å²) in [4.78, 5) is 65.7. The van der Waals surface area contributed by atoms with E-state index in [1.54, 1.807) is 19.3 Å². The van der Waals surface area contributed by atoms with E-state index in [2.05, 4.69) is 48.6 Å². The molecule has 3 amide bonds. The van der Waals surface area contributed by atoms with Crippen molar-refractivity contribution in [2.75, 3.05) is 68.0 Å². The quantitative estimate of drug-likeness (QED) is 0.175. The summed E-state index contributed by atoms with van der Waals surface area (Å²) in [5.74, 6) is 0.481. The maximum absolute atomic E-state index is 12.8. The van der Waals surface area contributed by atoms with Gasteiger partial charge in [0.2, 0.25) is 17.8 Å². The highest BCUT2D eigenvalue weighted by molar-refractivity contribution is 6.33. The van der Waals surface area contributed by atoms with E-state index in [1.165, 1.54) is 11.6 Å². The Labute approximate surface area is 340 Å². The molecule has 5 aromatic rings. The summed E-state index contributed by atoms with van der Waals surface area (Å²) in [6.07, 6.45) is 4.57. The molecule has 2 atom stereocenters. The average Bonchev–Trinajstić information content (AvgIpc) is 3.56. The van der Waals surface area contributed by atoms with E-state index < -0.39 is 5.92 Å². The highest BCUT2D eigenvalue weighted by Crippen LogP contribution is 2.36. The third kappa shape index (κ3) is 7.77. The van der Waals surface area contributed by atoms with Crippen LogP contribution >= 0.6 is 11.6 Å². The molecule has 0 aliphatic carbocycles. The molecule has 0 spiro atoms. The Hall–Kier alpha value is -5.74. The van der Waals surface area contributed by atoms with Crippen LogP contribution in [0.25, 0.3) is 21.8 Å². The average molecular weight is 810 g/mol. The summed E-state index contributed by atoms with van der Waals surface area (Å²) in [5.41, 5.74) is 3.99. The minimum atomic E-state index is -0.426. The summed E-state index contributed by atoms with van der Waals surface area (Å²) >= 11 is 6.60. The van der Waals surface area contributed by atoms with Crippen LogP contribution in [0.2, 0.25) is 5.02 Å². The standard InChI is InChI=1S/C41H48ClN11O5/c1-24-21-53(41-44-20-30(42)38(47-41)45-27-8-10-31-26(18-27)19-33(40(57)49(31)3)58-23-35(55)43-2)17-16-52(24)22-25-12-14-51(15-13-25)32-7-5-6-28-36(48-50(4)37(28)32)29-9-11-34(54)46-39(29)56/h5-8,10,18-20,24-25,29H,9,11-17,21-23H2,1-4H3,(H,43,55)(H,44,45,47)(H,46,54,56). The van der Waals surface area contributed by atoms with E-state index in [-0.39, 0.29) is 35.6 Å². The van der Waals surface area contributed by atoms with Crippen LogP contribution in [-0.4, -0.2) is 106 Å². The number of nitrogens with one attached hydrogen (secondary N) is 3. The number of carbonyl (C=O) groups excluding carboxylic acids is 3. The third-order valence-corrected chi connectivity index (χ3v) is 12.0. The number of halogens is 1. The molecule has 0 radical (unpaired) electrons. The zero-order valence-corrected chi connectivity index (χ0v) is 33.9. The Kier molecular flexibility index (Phi) is 11.0. The van der Waals surface area contributed by atoms with Crippen LogP contribution in [0.4, 0.5) is 23.1 Å². The van der Waals surface area contributed by atoms with Gasteiger partial charge in [0.05, 0.1) is 34.5 Å². The van der Waals surface area contributed by atoms with Gasteiger partial charge in [0, 0.05) is 89.3 Å². The van der Waals surface area contributed by atoms with Gasteiger partial charge in [0.15, 0.2) is 18.2 Å². The number of hydrogen-bond acceptors (Lipinski definition) is 12. The molecule has 3 saturated heterocycles. The van der Waals surface area contributed by atoms with Crippen LogP contribution in [0, 0.1) is 5.92 Å². The number of carbonyl (C=O) groups is 3. The number of piperazine rings is 1. The van der Waals surface area contributed by atoms with Crippen molar-refractivity contribution < 1.29 is 19.1 Å². The first kappa shape index (κ1) is 39.1. The topological polar surface area (TPSA) is 172 Å². The lowest BCUT2D eigenvalue weighted by atomic mass is 9.92. The first-order valence-electron chi connectivity index (χ1n) is 19.8. The maximum Gasteiger partial charge on any atom is 0.293 e. The molecule has 3 aliphatic rings. The van der Waals surface area contributed by atoms with E-state index >= 15 is 0 Å². The predicted molar refractivity (Wildman–Crippen MR) is 223 cm³/mol. The summed E-state index contributed by atoms with van der Waals surface area (Å²) in [6.45, 7) is 7.35. The van der Waals surface area contributed by atoms with Crippen LogP contribution in [-0.2, 0) is 28.5 Å². The van der Waals surface area contributed by atoms with Gasteiger partial charge in [-0.05, 0) is 62.4 Å². The number of piperidine rings is 2. The number of nitrogens with zero attached hydrogens (tertiary/aromatic N) is 8. The Morgan fingerprint density at radius 3 is 2.59 bits per heavy atom. The molecule has 3 fully saturated rings. The Bertz CT molecular complexity index is 2460. The minimum absolute atomic E-state index is 0.0823. The molecule has 0 bridgehead atoms. The molecule has 3 N–H and O–H groups in total. The fourth-order valence-electron chi connectivity index (χ4n) is 8.53. The van der Waals surface area contributed by atoms with Crippen molar-refractivity contribution in [3.8, 4) is 5.75 Å². The van der Waals surface area contributed by atoms with Gasteiger partial charge in [0.25, 0.3) is 11.5 Å². The number of para-hydroxylation sites is 1. The van der Waals surface area contributed by atoms with Gasteiger partial charge in [-0.15, -0.1) is 0 Å². The summed E-state index contributed by atoms with van der Waals surface area (Å²) in [6, 6.07) is 13.7. The van der Waals surface area contributed by atoms with Crippen molar-refractivity contribution in [1.29, 1.82) is 0 Å². The molecule has 6 heterocycles. The van der Waals surface area contributed by atoms with Crippen molar-refractivity contribution >= 4 is 74.3 Å². The summed E-state index contributed by atoms with van der Waals surface area (Å²) in [5, 5.41) is 15.2. The zero-order chi connectivity index (χ0) is 40.7. The molecule has 2 aromatic carbocycles. The SMILES string of the molecule is CNC(=O)COc1cc2cc(Nc3nc(N4CCN(CC5CCN(c6cccc7c(C8CCC(=O)NC8=O)nn(C)c67)CC5)C(C)C4)ncc3Cl)ccc2n(C)c1=O. The molecule has 0 saturated carbocycles. The molecule has 3 aliphatic heterocycles. The van der Waals surface area contributed by atoms with E-state index in [0.29, 0.717) is 52.8 Å². The Morgan fingerprint density at radius 1 is 1.02 bits per heavy atom. The first-order chi connectivity index (χ1) is 28.0. The van der Waals surface area contributed by atoms with Crippen molar-refractivity contribution in [2.45, 2.75) is 44.6 Å². The van der Waals surface area contributed by atoms with Crippen LogP contribution < -0.4 is 36.0 Å². The number of ether oxygens (including phenoxy) is 1. The van der Waals surface area contributed by atoms with E-state index in [1.807, 2.05) is 42.1 Å². The fraction of sp³-hybridized carbons (Fsp3) is 0.439. The lowest BCUT2D eigenvalue weighted by Gasteiger charge is -2.43.